The highest BCUT2D eigenvalue weighted by Crippen LogP contribution is 2.55. The molecule has 0 heterocycles. The average molecular weight is 932 g/mol. The molecule has 0 atom stereocenters. The maximum atomic E-state index is 2.52. The van der Waals surface area contributed by atoms with Crippen molar-refractivity contribution in [1.82, 2.24) is 0 Å². The van der Waals surface area contributed by atoms with Gasteiger partial charge in [-0.25, -0.2) is 0 Å². The van der Waals surface area contributed by atoms with Crippen LogP contribution in [-0.4, -0.2) is 0 Å². The van der Waals surface area contributed by atoms with Crippen LogP contribution in [0.1, 0.15) is 49.9 Å². The van der Waals surface area contributed by atoms with E-state index in [-0.39, 0.29) is 10.8 Å². The molecule has 0 spiro atoms. The second-order valence-electron chi connectivity index (χ2n) is 21.2. The Balaban J connectivity index is 1.06. The normalized spacial score (nSPS) is 13.7. The number of nitrogens with zero attached hydrogens (tertiary/aromatic N) is 1. The van der Waals surface area contributed by atoms with Gasteiger partial charge >= 0.3 is 0 Å². The van der Waals surface area contributed by atoms with E-state index in [1.165, 1.54) is 121 Å². The summed E-state index contributed by atoms with van der Waals surface area (Å²) in [6.45, 7) is 9.53. The first-order valence-corrected chi connectivity index (χ1v) is 25.7. The third-order valence-corrected chi connectivity index (χ3v) is 16.4. The Kier molecular flexibility index (Phi) is 9.66. The Morgan fingerprint density at radius 3 is 1.25 bits per heavy atom. The van der Waals surface area contributed by atoms with Crippen LogP contribution in [0.2, 0.25) is 0 Å². The Hall–Kier alpha value is -8.78. The summed E-state index contributed by atoms with van der Waals surface area (Å²) in [7, 11) is 0. The molecule has 0 aromatic heterocycles. The summed E-state index contributed by atoms with van der Waals surface area (Å²) in [5.41, 5.74) is 23.5. The summed E-state index contributed by atoms with van der Waals surface area (Å²) in [6.07, 6.45) is 0. The highest BCUT2D eigenvalue weighted by molar-refractivity contribution is 6.33. The number of anilines is 3. The van der Waals surface area contributed by atoms with E-state index in [1.54, 1.807) is 0 Å². The van der Waals surface area contributed by atoms with E-state index < -0.39 is 0 Å². The number of benzene rings is 12. The number of fused-ring (bicyclic) bond motifs is 12. The minimum atomic E-state index is -0.155. The quantitative estimate of drug-likeness (QED) is 0.144. The molecule has 1 heteroatoms. The first-order valence-electron chi connectivity index (χ1n) is 25.7. The van der Waals surface area contributed by atoms with Gasteiger partial charge in [0, 0.05) is 27.9 Å². The molecule has 0 amide bonds. The van der Waals surface area contributed by atoms with Crippen molar-refractivity contribution in [3.8, 4) is 66.8 Å². The molecule has 0 radical (unpaired) electrons. The van der Waals surface area contributed by atoms with Gasteiger partial charge in [-0.2, -0.15) is 0 Å². The van der Waals surface area contributed by atoms with Crippen LogP contribution in [-0.2, 0) is 10.8 Å². The van der Waals surface area contributed by atoms with Gasteiger partial charge in [0.05, 0.1) is 0 Å². The van der Waals surface area contributed by atoms with Crippen LogP contribution in [0.15, 0.2) is 249 Å². The van der Waals surface area contributed by atoms with E-state index in [4.69, 9.17) is 0 Å². The molecular formula is C72H53N. The lowest BCUT2D eigenvalue weighted by Crippen LogP contribution is -2.18. The third-order valence-electron chi connectivity index (χ3n) is 16.4. The average Bonchev–Trinajstić information content (AvgIpc) is 3.83. The van der Waals surface area contributed by atoms with Crippen molar-refractivity contribution in [1.29, 1.82) is 0 Å². The highest BCUT2D eigenvalue weighted by atomic mass is 15.1. The number of hydrogen-bond acceptors (Lipinski definition) is 1. The molecule has 12 aromatic rings. The van der Waals surface area contributed by atoms with Crippen molar-refractivity contribution >= 4 is 49.4 Å². The first-order chi connectivity index (χ1) is 35.7. The number of rotatable bonds is 7. The van der Waals surface area contributed by atoms with E-state index >= 15 is 0 Å². The maximum absolute atomic E-state index is 2.52. The lowest BCUT2D eigenvalue weighted by atomic mass is 9.81. The van der Waals surface area contributed by atoms with Gasteiger partial charge in [0.15, 0.2) is 0 Å². The molecule has 1 nitrogen and oxygen atoms in total. The fourth-order valence-electron chi connectivity index (χ4n) is 12.8. The summed E-state index contributed by atoms with van der Waals surface area (Å²) in [5, 5.41) is 7.45. The van der Waals surface area contributed by atoms with Crippen molar-refractivity contribution in [2.24, 2.45) is 0 Å². The Labute approximate surface area is 428 Å². The van der Waals surface area contributed by atoms with Crippen LogP contribution in [0.4, 0.5) is 17.1 Å². The van der Waals surface area contributed by atoms with E-state index in [0.29, 0.717) is 0 Å². The second kappa shape index (κ2) is 16.4. The lowest BCUT2D eigenvalue weighted by molar-refractivity contribution is 0.660. The summed E-state index contributed by atoms with van der Waals surface area (Å²) in [4.78, 5) is 2.52. The predicted octanol–water partition coefficient (Wildman–Crippen LogP) is 19.9. The zero-order chi connectivity index (χ0) is 49.0. The predicted molar refractivity (Wildman–Crippen MR) is 311 cm³/mol. The van der Waals surface area contributed by atoms with Gasteiger partial charge in [-0.05, 0) is 164 Å². The fourth-order valence-corrected chi connectivity index (χ4v) is 12.8. The van der Waals surface area contributed by atoms with Gasteiger partial charge in [-0.3, -0.25) is 0 Å². The van der Waals surface area contributed by atoms with Gasteiger partial charge < -0.3 is 4.90 Å². The maximum Gasteiger partial charge on any atom is 0.0468 e. The van der Waals surface area contributed by atoms with E-state index in [0.717, 1.165) is 17.1 Å². The second-order valence-corrected chi connectivity index (χ2v) is 21.2. The topological polar surface area (TPSA) is 3.24 Å². The van der Waals surface area contributed by atoms with Crippen LogP contribution in [0, 0.1) is 0 Å². The zero-order valence-corrected chi connectivity index (χ0v) is 41.6. The molecule has 0 unspecified atom stereocenters. The first kappa shape index (κ1) is 43.0. The molecule has 14 rings (SSSR count). The third kappa shape index (κ3) is 6.62. The molecular weight excluding hydrogens is 879 g/mol. The van der Waals surface area contributed by atoms with Crippen molar-refractivity contribution in [3.63, 3.8) is 0 Å². The Morgan fingerprint density at radius 1 is 0.247 bits per heavy atom. The molecule has 2 aliphatic rings. The molecule has 0 aliphatic heterocycles. The molecule has 0 N–H and O–H groups in total. The van der Waals surface area contributed by atoms with Gasteiger partial charge in [0.25, 0.3) is 0 Å². The van der Waals surface area contributed by atoms with Crippen molar-refractivity contribution in [2.45, 2.75) is 38.5 Å². The molecule has 73 heavy (non-hydrogen) atoms. The summed E-state index contributed by atoms with van der Waals surface area (Å²) >= 11 is 0. The largest absolute Gasteiger partial charge is 0.310 e. The zero-order valence-electron chi connectivity index (χ0n) is 41.6. The minimum Gasteiger partial charge on any atom is -0.310 e. The van der Waals surface area contributed by atoms with Crippen molar-refractivity contribution in [2.75, 3.05) is 4.90 Å². The van der Waals surface area contributed by atoms with E-state index in [1.807, 2.05) is 0 Å². The highest BCUT2D eigenvalue weighted by Gasteiger charge is 2.38. The summed E-state index contributed by atoms with van der Waals surface area (Å²) in [6, 6.07) is 93.1. The van der Waals surface area contributed by atoms with Crippen molar-refractivity contribution in [3.05, 3.63) is 271 Å². The Morgan fingerprint density at radius 2 is 0.658 bits per heavy atom. The SMILES string of the molecule is CC1(C)c2ccccc2-c2ccc(N(c3ccc4c(c3)C(C)(C)c3ccccc3-4)c3ccc4c(c3)c3ccccc3c3c(-c5ccccc5)cc(-c5ccc(-c6ccccc6)cc5)c(-c5ccccc5)c43)cc21. The molecule has 0 saturated carbocycles. The summed E-state index contributed by atoms with van der Waals surface area (Å²) < 4.78 is 0. The van der Waals surface area contributed by atoms with Gasteiger partial charge in [-0.15, -0.1) is 0 Å². The monoisotopic (exact) mass is 931 g/mol. The van der Waals surface area contributed by atoms with Crippen LogP contribution in [0.25, 0.3) is 99.1 Å². The van der Waals surface area contributed by atoms with Crippen LogP contribution in [0.5, 0.6) is 0 Å². The number of hydrogen-bond donors (Lipinski definition) is 0. The van der Waals surface area contributed by atoms with E-state index in [9.17, 15) is 0 Å². The smallest absolute Gasteiger partial charge is 0.0468 e. The molecule has 0 saturated heterocycles. The van der Waals surface area contributed by atoms with Crippen molar-refractivity contribution < 1.29 is 0 Å². The molecule has 0 fully saturated rings. The molecule has 2 aliphatic carbocycles. The molecule has 0 bridgehead atoms. The molecule has 346 valence electrons. The van der Waals surface area contributed by atoms with Crippen LogP contribution < -0.4 is 4.90 Å². The van der Waals surface area contributed by atoms with E-state index in [2.05, 4.69) is 281 Å². The standard InChI is InChI=1S/C72H53N/c1-71(2)64-30-18-16-27-55(64)57-39-36-52(43-66(57)71)73(53-37-40-58-56-28-17-19-31-65(56)72(3,4)67(58)44-53)51-38-41-60-63(42-51)54-26-14-15-29-59(54)69-62(48-22-10-6-11-23-48)45-61(68(70(60)69)50-24-12-7-13-25-50)49-34-32-47(33-35-49)46-20-8-5-9-21-46/h5-45H,1-4H3. The Bertz CT molecular complexity index is 4060. The minimum absolute atomic E-state index is 0.155. The molecule has 12 aromatic carbocycles. The fraction of sp³-hybridized carbons (Fsp3) is 0.0833. The van der Waals surface area contributed by atoms with Crippen LogP contribution >= 0.6 is 0 Å². The van der Waals surface area contributed by atoms with Crippen LogP contribution in [0.3, 0.4) is 0 Å². The summed E-state index contributed by atoms with van der Waals surface area (Å²) in [5.74, 6) is 0. The van der Waals surface area contributed by atoms with Gasteiger partial charge in [0.2, 0.25) is 0 Å². The lowest BCUT2D eigenvalue weighted by Gasteiger charge is -2.30. The van der Waals surface area contributed by atoms with Gasteiger partial charge in [0.1, 0.15) is 0 Å². The van der Waals surface area contributed by atoms with Gasteiger partial charge in [-0.1, -0.05) is 234 Å².